The zero-order valence-corrected chi connectivity index (χ0v) is 5.50. The Morgan fingerprint density at radius 2 is 2.22 bits per heavy atom. The Hall–Kier alpha value is -1.05. The molecule has 0 unspecified atom stereocenters. The van der Waals surface area contributed by atoms with Gasteiger partial charge in [-0.3, -0.25) is 4.79 Å². The number of rotatable bonds is 3. The van der Waals surface area contributed by atoms with E-state index < -0.39 is 5.91 Å². The molecule has 2 N–H and O–H groups in total. The Balaban J connectivity index is 3.47. The predicted molar refractivity (Wildman–Crippen MR) is 37.8 cm³/mol. The molecule has 0 aromatic rings. The second-order valence-electron chi connectivity index (χ2n) is 1.60. The van der Waals surface area contributed by atoms with E-state index in [0.717, 1.165) is 6.42 Å². The number of amides is 1. The van der Waals surface area contributed by atoms with Crippen molar-refractivity contribution in [1.29, 1.82) is 0 Å². The molecule has 0 aromatic heterocycles. The smallest absolute Gasteiger partial charge is 0.241 e. The summed E-state index contributed by atoms with van der Waals surface area (Å²) in [5.41, 5.74) is 4.82. The molecule has 0 bridgehead atoms. The van der Waals surface area contributed by atoms with E-state index >= 15 is 0 Å². The number of primary amides is 1. The van der Waals surface area contributed by atoms with Crippen molar-refractivity contribution < 1.29 is 4.79 Å². The molecule has 0 saturated heterocycles. The molecule has 0 aliphatic heterocycles. The molecular formula is C7H11NO. The van der Waals surface area contributed by atoms with Gasteiger partial charge < -0.3 is 5.73 Å². The maximum absolute atomic E-state index is 10.1. The molecule has 0 heterocycles. The summed E-state index contributed by atoms with van der Waals surface area (Å²) in [6.07, 6.45) is 7.67. The summed E-state index contributed by atoms with van der Waals surface area (Å²) in [5.74, 6) is -0.407. The average molecular weight is 125 g/mol. The third kappa shape index (κ3) is 6.95. The Kier molecular flexibility index (Phi) is 4.50. The molecule has 0 aliphatic rings. The Bertz CT molecular complexity index is 136. The first kappa shape index (κ1) is 7.95. The monoisotopic (exact) mass is 125 g/mol. The number of hydrogen-bond donors (Lipinski definition) is 1. The summed E-state index contributed by atoms with van der Waals surface area (Å²) in [6, 6.07) is 0. The number of carbonyl (C=O) groups is 1. The third-order valence-corrected chi connectivity index (χ3v) is 0.743. The third-order valence-electron chi connectivity index (χ3n) is 0.743. The fourth-order valence-corrected chi connectivity index (χ4v) is 0.365. The number of allylic oxidation sites excluding steroid dienone is 3. The molecular weight excluding hydrogens is 114 g/mol. The lowest BCUT2D eigenvalue weighted by molar-refractivity contribution is -0.113. The highest BCUT2D eigenvalue weighted by Crippen LogP contribution is 1.80. The van der Waals surface area contributed by atoms with Crippen molar-refractivity contribution in [3.05, 3.63) is 24.3 Å². The molecule has 0 aliphatic carbocycles. The van der Waals surface area contributed by atoms with Crippen molar-refractivity contribution in [2.45, 2.75) is 13.3 Å². The van der Waals surface area contributed by atoms with Gasteiger partial charge in [-0.25, -0.2) is 0 Å². The lowest BCUT2D eigenvalue weighted by atomic mass is 10.4. The minimum Gasteiger partial charge on any atom is -0.366 e. The van der Waals surface area contributed by atoms with Crippen LogP contribution < -0.4 is 5.73 Å². The molecule has 0 atom stereocenters. The maximum Gasteiger partial charge on any atom is 0.241 e. The van der Waals surface area contributed by atoms with Gasteiger partial charge in [-0.05, 0) is 6.42 Å². The van der Waals surface area contributed by atoms with E-state index in [1.54, 1.807) is 12.2 Å². The summed E-state index contributed by atoms with van der Waals surface area (Å²) >= 11 is 0. The summed E-state index contributed by atoms with van der Waals surface area (Å²) in [6.45, 7) is 2.02. The van der Waals surface area contributed by atoms with Crippen LogP contribution >= 0.6 is 0 Å². The molecule has 0 radical (unpaired) electrons. The summed E-state index contributed by atoms with van der Waals surface area (Å²) in [5, 5.41) is 0. The lowest BCUT2D eigenvalue weighted by Crippen LogP contribution is -2.04. The van der Waals surface area contributed by atoms with Crippen molar-refractivity contribution in [3.63, 3.8) is 0 Å². The molecule has 0 fully saturated rings. The lowest BCUT2D eigenvalue weighted by Gasteiger charge is -1.75. The van der Waals surface area contributed by atoms with Gasteiger partial charge in [0.1, 0.15) is 0 Å². The fourth-order valence-electron chi connectivity index (χ4n) is 0.365. The van der Waals surface area contributed by atoms with Crippen LogP contribution in [0.3, 0.4) is 0 Å². The van der Waals surface area contributed by atoms with E-state index in [2.05, 4.69) is 0 Å². The van der Waals surface area contributed by atoms with Gasteiger partial charge in [0.2, 0.25) is 5.91 Å². The van der Waals surface area contributed by atoms with Crippen LogP contribution in [-0.4, -0.2) is 5.91 Å². The molecule has 1 amide bonds. The molecule has 0 rings (SSSR count). The standard InChI is InChI=1S/C7H11NO/c1-2-3-4-5-6-7(8)9/h3-6H,2H2,1H3,(H2,8,9)/b4-3+,6-5?. The molecule has 9 heavy (non-hydrogen) atoms. The molecule has 0 aromatic carbocycles. The first-order valence-electron chi connectivity index (χ1n) is 2.90. The Morgan fingerprint density at radius 1 is 1.56 bits per heavy atom. The van der Waals surface area contributed by atoms with Crippen molar-refractivity contribution in [2.75, 3.05) is 0 Å². The molecule has 50 valence electrons. The Labute approximate surface area is 55.1 Å². The molecule has 0 saturated carbocycles. The van der Waals surface area contributed by atoms with Crippen LogP contribution in [0.2, 0.25) is 0 Å². The normalized spacial score (nSPS) is 11.2. The van der Waals surface area contributed by atoms with E-state index in [1.165, 1.54) is 6.08 Å². The van der Waals surface area contributed by atoms with Crippen molar-refractivity contribution in [2.24, 2.45) is 5.73 Å². The van der Waals surface area contributed by atoms with Crippen LogP contribution in [0.5, 0.6) is 0 Å². The van der Waals surface area contributed by atoms with Gasteiger partial charge in [0.25, 0.3) is 0 Å². The largest absolute Gasteiger partial charge is 0.366 e. The van der Waals surface area contributed by atoms with Crippen LogP contribution in [0.4, 0.5) is 0 Å². The van der Waals surface area contributed by atoms with Gasteiger partial charge in [0, 0.05) is 6.08 Å². The number of carbonyl (C=O) groups excluding carboxylic acids is 1. The molecule has 2 heteroatoms. The van der Waals surface area contributed by atoms with Crippen molar-refractivity contribution in [1.82, 2.24) is 0 Å². The summed E-state index contributed by atoms with van der Waals surface area (Å²) in [7, 11) is 0. The predicted octanol–water partition coefficient (Wildman–Crippen LogP) is 0.994. The van der Waals surface area contributed by atoms with Gasteiger partial charge in [0.15, 0.2) is 0 Å². The van der Waals surface area contributed by atoms with Crippen LogP contribution in [0.15, 0.2) is 24.3 Å². The number of nitrogens with two attached hydrogens (primary N) is 1. The van der Waals surface area contributed by atoms with E-state index in [-0.39, 0.29) is 0 Å². The maximum atomic E-state index is 10.1. The highest BCUT2D eigenvalue weighted by molar-refractivity contribution is 5.85. The minimum atomic E-state index is -0.407. The number of hydrogen-bond acceptors (Lipinski definition) is 1. The quantitative estimate of drug-likeness (QED) is 0.443. The van der Waals surface area contributed by atoms with E-state index in [9.17, 15) is 4.79 Å². The van der Waals surface area contributed by atoms with Crippen LogP contribution in [0, 0.1) is 0 Å². The molecule has 2 nitrogen and oxygen atoms in total. The first-order chi connectivity index (χ1) is 4.27. The second kappa shape index (κ2) is 5.09. The SMILES string of the molecule is CC/C=C/C=CC(N)=O. The molecule has 0 spiro atoms. The van der Waals surface area contributed by atoms with E-state index in [4.69, 9.17) is 5.73 Å². The fraction of sp³-hybridized carbons (Fsp3) is 0.286. The van der Waals surface area contributed by atoms with Gasteiger partial charge in [0.05, 0.1) is 0 Å². The summed E-state index contributed by atoms with van der Waals surface area (Å²) < 4.78 is 0. The minimum absolute atomic E-state index is 0.407. The van der Waals surface area contributed by atoms with Crippen molar-refractivity contribution in [3.8, 4) is 0 Å². The highest BCUT2D eigenvalue weighted by Gasteiger charge is 1.75. The second-order valence-corrected chi connectivity index (χ2v) is 1.60. The van der Waals surface area contributed by atoms with Gasteiger partial charge in [-0.1, -0.05) is 25.2 Å². The zero-order valence-electron chi connectivity index (χ0n) is 5.50. The highest BCUT2D eigenvalue weighted by atomic mass is 16.1. The average Bonchev–Trinajstić information content (AvgIpc) is 1.80. The van der Waals surface area contributed by atoms with E-state index in [0.29, 0.717) is 0 Å². The van der Waals surface area contributed by atoms with Crippen LogP contribution in [-0.2, 0) is 4.79 Å². The van der Waals surface area contributed by atoms with Gasteiger partial charge in [-0.2, -0.15) is 0 Å². The first-order valence-corrected chi connectivity index (χ1v) is 2.90. The van der Waals surface area contributed by atoms with Gasteiger partial charge >= 0.3 is 0 Å². The zero-order chi connectivity index (χ0) is 7.11. The van der Waals surface area contributed by atoms with Crippen LogP contribution in [0.25, 0.3) is 0 Å². The van der Waals surface area contributed by atoms with Gasteiger partial charge in [-0.15, -0.1) is 0 Å². The van der Waals surface area contributed by atoms with Crippen molar-refractivity contribution >= 4 is 5.91 Å². The Morgan fingerprint density at radius 3 is 2.67 bits per heavy atom. The van der Waals surface area contributed by atoms with Crippen LogP contribution in [0.1, 0.15) is 13.3 Å². The van der Waals surface area contributed by atoms with E-state index in [1.807, 2.05) is 13.0 Å². The summed E-state index contributed by atoms with van der Waals surface area (Å²) in [4.78, 5) is 10.1. The topological polar surface area (TPSA) is 43.1 Å².